The molecular weight excluding hydrogens is 334 g/mol. The van der Waals surface area contributed by atoms with Gasteiger partial charge in [-0.05, 0) is 42.0 Å². The van der Waals surface area contributed by atoms with Crippen molar-refractivity contribution in [3.8, 4) is 5.75 Å². The Bertz CT molecular complexity index is 749. The average Bonchev–Trinajstić information content (AvgIpc) is 2.54. The fourth-order valence-corrected chi connectivity index (χ4v) is 2.21. The Kier molecular flexibility index (Phi) is 5.98. The third-order valence-electron chi connectivity index (χ3n) is 3.26. The molecule has 0 amide bonds. The van der Waals surface area contributed by atoms with Gasteiger partial charge in [0.1, 0.15) is 5.75 Å². The van der Waals surface area contributed by atoms with E-state index in [4.69, 9.17) is 11.6 Å². The molecule has 2 aromatic rings. The molecule has 0 bridgehead atoms. The van der Waals surface area contributed by atoms with E-state index in [2.05, 4.69) is 4.65 Å². The van der Waals surface area contributed by atoms with Crippen LogP contribution in [0.4, 0.5) is 14.3 Å². The molecule has 24 heavy (non-hydrogen) atoms. The van der Waals surface area contributed by atoms with Crippen LogP contribution in [0.2, 0.25) is 5.02 Å². The lowest BCUT2D eigenvalue weighted by atomic mass is 10.1. The quantitative estimate of drug-likeness (QED) is 0.433. The van der Waals surface area contributed by atoms with E-state index in [0.29, 0.717) is 0 Å². The topological polar surface area (TPSA) is 29.5 Å². The maximum atomic E-state index is 12.4. The highest BCUT2D eigenvalue weighted by Crippen LogP contribution is 2.25. The molecule has 0 aromatic heterocycles. The molecule has 0 atom stereocenters. The van der Waals surface area contributed by atoms with Crippen molar-refractivity contribution in [1.82, 2.24) is 0 Å². The minimum atomic E-state index is -3.01. The lowest BCUT2D eigenvalue weighted by molar-refractivity contribution is 0.104. The molecule has 0 fully saturated rings. The average molecular weight is 350 g/mol. The molecule has 0 saturated heterocycles. The van der Waals surface area contributed by atoms with Gasteiger partial charge >= 0.3 is 7.47 Å². The Morgan fingerprint density at radius 3 is 2.42 bits per heavy atom. The highest BCUT2D eigenvalue weighted by atomic mass is 35.5. The van der Waals surface area contributed by atoms with E-state index in [1.807, 2.05) is 43.3 Å². The van der Waals surface area contributed by atoms with Gasteiger partial charge in [-0.15, -0.1) is 0 Å². The Morgan fingerprint density at radius 2 is 1.83 bits per heavy atom. The van der Waals surface area contributed by atoms with E-state index < -0.39 is 13.3 Å². The van der Waals surface area contributed by atoms with E-state index in [1.54, 1.807) is 6.08 Å². The highest BCUT2D eigenvalue weighted by Gasteiger charge is 2.21. The number of benzene rings is 2. The Balaban J connectivity index is 2.21. The molecule has 7 heteroatoms. The van der Waals surface area contributed by atoms with Gasteiger partial charge in [0.15, 0.2) is 5.78 Å². The van der Waals surface area contributed by atoms with Crippen molar-refractivity contribution in [2.45, 2.75) is 0 Å². The number of ketones is 1. The van der Waals surface area contributed by atoms with E-state index in [1.165, 1.54) is 24.3 Å². The molecular formula is C17H15BClF2NO2. The normalized spacial score (nSPS) is 10.7. The predicted molar refractivity (Wildman–Crippen MR) is 94.2 cm³/mol. The first kappa shape index (κ1) is 18.0. The second-order valence-electron chi connectivity index (χ2n) is 5.20. The third-order valence-corrected chi connectivity index (χ3v) is 3.49. The van der Waals surface area contributed by atoms with E-state index in [-0.39, 0.29) is 16.3 Å². The fourth-order valence-electron chi connectivity index (χ4n) is 2.04. The summed E-state index contributed by atoms with van der Waals surface area (Å²) >= 11 is 5.84. The fraction of sp³-hybridized carbons (Fsp3) is 0.118. The number of anilines is 1. The summed E-state index contributed by atoms with van der Waals surface area (Å²) < 4.78 is 29.2. The van der Waals surface area contributed by atoms with Crippen molar-refractivity contribution in [3.05, 3.63) is 64.7 Å². The molecule has 0 heterocycles. The third kappa shape index (κ3) is 4.83. The summed E-state index contributed by atoms with van der Waals surface area (Å²) in [6.07, 6.45) is 2.91. The van der Waals surface area contributed by atoms with Crippen LogP contribution in [0, 0.1) is 0 Å². The van der Waals surface area contributed by atoms with Crippen molar-refractivity contribution in [3.63, 3.8) is 0 Å². The first-order valence-electron chi connectivity index (χ1n) is 7.11. The Morgan fingerprint density at radius 1 is 1.17 bits per heavy atom. The van der Waals surface area contributed by atoms with Crippen LogP contribution in [-0.4, -0.2) is 27.3 Å². The number of allylic oxidation sites excluding steroid dienone is 1. The van der Waals surface area contributed by atoms with Gasteiger partial charge in [-0.3, -0.25) is 4.79 Å². The van der Waals surface area contributed by atoms with Gasteiger partial charge in [0.25, 0.3) is 0 Å². The molecule has 0 aliphatic rings. The van der Waals surface area contributed by atoms with Crippen molar-refractivity contribution in [2.24, 2.45) is 0 Å². The van der Waals surface area contributed by atoms with Crippen LogP contribution in [0.5, 0.6) is 5.75 Å². The maximum Gasteiger partial charge on any atom is 0.796 e. The monoisotopic (exact) mass is 349 g/mol. The van der Waals surface area contributed by atoms with Crippen LogP contribution in [0.25, 0.3) is 6.08 Å². The summed E-state index contributed by atoms with van der Waals surface area (Å²) in [5.41, 5.74) is 1.83. The standard InChI is InChI=1S/C17H15BClF2NO2/c1-22(2)14-7-3-12(4-8-14)5-9-16(23)15-11-13(19)6-10-17(15)24-18(20)21/h3-11H,1-2H3/b9-5+. The van der Waals surface area contributed by atoms with E-state index in [9.17, 15) is 13.4 Å². The van der Waals surface area contributed by atoms with Crippen LogP contribution in [-0.2, 0) is 0 Å². The van der Waals surface area contributed by atoms with Gasteiger partial charge in [0, 0.05) is 24.8 Å². The Labute approximate surface area is 144 Å². The smallest absolute Gasteiger partial charge is 0.505 e. The van der Waals surface area contributed by atoms with Crippen LogP contribution in [0.15, 0.2) is 48.5 Å². The van der Waals surface area contributed by atoms with Gasteiger partial charge in [0.2, 0.25) is 0 Å². The first-order valence-corrected chi connectivity index (χ1v) is 7.49. The second kappa shape index (κ2) is 7.97. The molecule has 0 aliphatic heterocycles. The molecule has 0 radical (unpaired) electrons. The van der Waals surface area contributed by atoms with Crippen LogP contribution >= 0.6 is 11.6 Å². The lowest BCUT2D eigenvalue weighted by Gasteiger charge is -2.11. The number of carbonyl (C=O) groups is 1. The first-order chi connectivity index (χ1) is 11.4. The number of halogens is 3. The minimum Gasteiger partial charge on any atom is -0.505 e. The van der Waals surface area contributed by atoms with Gasteiger partial charge in [-0.2, -0.15) is 0 Å². The van der Waals surface area contributed by atoms with E-state index in [0.717, 1.165) is 11.3 Å². The molecule has 2 rings (SSSR count). The van der Waals surface area contributed by atoms with Gasteiger partial charge in [-0.25, -0.2) is 8.63 Å². The van der Waals surface area contributed by atoms with Crippen LogP contribution < -0.4 is 9.55 Å². The minimum absolute atomic E-state index is 0.0102. The van der Waals surface area contributed by atoms with Crippen LogP contribution in [0.3, 0.4) is 0 Å². The zero-order valence-corrected chi connectivity index (χ0v) is 13.9. The summed E-state index contributed by atoms with van der Waals surface area (Å²) in [7, 11) is 0.844. The SMILES string of the molecule is CN(C)c1ccc(/C=C/C(=O)c2cc(Cl)ccc2OB(F)F)cc1. The zero-order valence-electron chi connectivity index (χ0n) is 13.2. The van der Waals surface area contributed by atoms with Crippen molar-refractivity contribution in [2.75, 3.05) is 19.0 Å². The Hall–Kier alpha value is -2.34. The van der Waals surface area contributed by atoms with Gasteiger partial charge in [-0.1, -0.05) is 29.8 Å². The van der Waals surface area contributed by atoms with Crippen molar-refractivity contribution in [1.29, 1.82) is 0 Å². The number of rotatable bonds is 6. The zero-order chi connectivity index (χ0) is 17.7. The molecule has 0 saturated carbocycles. The molecule has 2 aromatic carbocycles. The summed E-state index contributed by atoms with van der Waals surface area (Å²) in [4.78, 5) is 14.2. The van der Waals surface area contributed by atoms with Crippen molar-refractivity contribution < 1.29 is 18.1 Å². The summed E-state index contributed by atoms with van der Waals surface area (Å²) in [5, 5.41) is 0.267. The molecule has 0 unspecified atom stereocenters. The van der Waals surface area contributed by atoms with Crippen LogP contribution in [0.1, 0.15) is 15.9 Å². The molecule has 124 valence electrons. The predicted octanol–water partition coefficient (Wildman–Crippen LogP) is 4.60. The molecule has 3 nitrogen and oxygen atoms in total. The summed E-state index contributed by atoms with van der Waals surface area (Å²) in [5.74, 6) is -0.670. The number of hydrogen-bond acceptors (Lipinski definition) is 3. The second-order valence-corrected chi connectivity index (χ2v) is 5.64. The summed E-state index contributed by atoms with van der Waals surface area (Å²) in [6.45, 7) is 0. The molecule has 0 aliphatic carbocycles. The largest absolute Gasteiger partial charge is 0.796 e. The highest BCUT2D eigenvalue weighted by molar-refractivity contribution is 6.36. The molecule has 0 spiro atoms. The summed E-state index contributed by atoms with van der Waals surface area (Å²) in [6, 6.07) is 11.5. The van der Waals surface area contributed by atoms with E-state index >= 15 is 0 Å². The number of hydrogen-bond donors (Lipinski definition) is 0. The lowest BCUT2D eigenvalue weighted by Crippen LogP contribution is -2.11. The molecule has 0 N–H and O–H groups in total. The number of carbonyl (C=O) groups excluding carboxylic acids is 1. The van der Waals surface area contributed by atoms with Gasteiger partial charge in [0.05, 0.1) is 5.56 Å². The van der Waals surface area contributed by atoms with Gasteiger partial charge < -0.3 is 9.55 Å². The van der Waals surface area contributed by atoms with Crippen molar-refractivity contribution >= 4 is 36.6 Å². The maximum absolute atomic E-state index is 12.4. The number of nitrogens with zero attached hydrogens (tertiary/aromatic N) is 1.